The number of rotatable bonds is 8. The first-order chi connectivity index (χ1) is 15.8. The minimum atomic E-state index is 0.00645. The molecule has 1 aromatic heterocycles. The van der Waals surface area contributed by atoms with E-state index in [9.17, 15) is 4.79 Å². The number of thiazole rings is 1. The third-order valence-corrected chi connectivity index (χ3v) is 7.11. The number of fused-ring (bicyclic) bond motifs is 1. The van der Waals surface area contributed by atoms with Crippen LogP contribution in [-0.4, -0.2) is 42.0 Å². The highest BCUT2D eigenvalue weighted by atomic mass is 32.1. The SMILES string of the molecule is O=C(NCC1CN(CCC(c2ccccc2)c2ccccc2)C1)c1ccc2ncsc2c1. The van der Waals surface area contributed by atoms with Crippen LogP contribution < -0.4 is 5.32 Å². The van der Waals surface area contributed by atoms with Crippen LogP contribution in [0.5, 0.6) is 0 Å². The van der Waals surface area contributed by atoms with Gasteiger partial charge in [-0.1, -0.05) is 60.7 Å². The summed E-state index contributed by atoms with van der Waals surface area (Å²) in [7, 11) is 0. The van der Waals surface area contributed by atoms with Gasteiger partial charge in [-0.15, -0.1) is 11.3 Å². The van der Waals surface area contributed by atoms with Crippen LogP contribution in [0.25, 0.3) is 10.2 Å². The molecule has 1 N–H and O–H groups in total. The summed E-state index contributed by atoms with van der Waals surface area (Å²) in [6.07, 6.45) is 1.10. The molecule has 0 unspecified atom stereocenters. The van der Waals surface area contributed by atoms with Gasteiger partial charge in [-0.25, -0.2) is 4.98 Å². The van der Waals surface area contributed by atoms with E-state index in [1.54, 1.807) is 11.3 Å². The van der Waals surface area contributed by atoms with Gasteiger partial charge in [-0.05, 0) is 42.3 Å². The maximum Gasteiger partial charge on any atom is 0.251 e. The van der Waals surface area contributed by atoms with Crippen molar-refractivity contribution in [2.75, 3.05) is 26.2 Å². The van der Waals surface area contributed by atoms with Crippen LogP contribution in [0.2, 0.25) is 0 Å². The summed E-state index contributed by atoms with van der Waals surface area (Å²) in [6.45, 7) is 3.90. The molecule has 2 heterocycles. The predicted octanol–water partition coefficient (Wildman–Crippen LogP) is 5.18. The van der Waals surface area contributed by atoms with Crippen molar-refractivity contribution in [1.82, 2.24) is 15.2 Å². The molecule has 5 heteroatoms. The Kier molecular flexibility index (Phi) is 6.28. The lowest BCUT2D eigenvalue weighted by atomic mass is 9.87. The number of benzene rings is 3. The highest BCUT2D eigenvalue weighted by Crippen LogP contribution is 2.29. The summed E-state index contributed by atoms with van der Waals surface area (Å²) in [4.78, 5) is 19.3. The Bertz CT molecular complexity index is 1130. The number of hydrogen-bond acceptors (Lipinski definition) is 4. The number of nitrogens with one attached hydrogen (secondary N) is 1. The molecule has 1 amide bonds. The first-order valence-electron chi connectivity index (χ1n) is 11.2. The van der Waals surface area contributed by atoms with Crippen molar-refractivity contribution in [3.63, 3.8) is 0 Å². The quantitative estimate of drug-likeness (QED) is 0.410. The largest absolute Gasteiger partial charge is 0.352 e. The topological polar surface area (TPSA) is 45.2 Å². The third-order valence-electron chi connectivity index (χ3n) is 6.32. The average molecular weight is 442 g/mol. The zero-order chi connectivity index (χ0) is 21.8. The first-order valence-corrected chi connectivity index (χ1v) is 12.1. The van der Waals surface area contributed by atoms with E-state index in [1.807, 2.05) is 23.7 Å². The summed E-state index contributed by atoms with van der Waals surface area (Å²) in [6, 6.07) is 27.3. The van der Waals surface area contributed by atoms with Crippen molar-refractivity contribution < 1.29 is 4.79 Å². The number of carbonyl (C=O) groups is 1. The zero-order valence-corrected chi connectivity index (χ0v) is 18.8. The lowest BCUT2D eigenvalue weighted by Gasteiger charge is -2.40. The molecule has 162 valence electrons. The number of aromatic nitrogens is 1. The van der Waals surface area contributed by atoms with E-state index in [1.165, 1.54) is 11.1 Å². The summed E-state index contributed by atoms with van der Waals surface area (Å²) in [5.74, 6) is 0.947. The van der Waals surface area contributed by atoms with Gasteiger partial charge in [0.05, 0.1) is 15.7 Å². The number of amides is 1. The monoisotopic (exact) mass is 441 g/mol. The molecule has 0 bridgehead atoms. The van der Waals surface area contributed by atoms with Crippen LogP contribution in [0.1, 0.15) is 33.8 Å². The molecule has 4 nitrogen and oxygen atoms in total. The second kappa shape index (κ2) is 9.63. The summed E-state index contributed by atoms with van der Waals surface area (Å²) in [5, 5.41) is 3.11. The predicted molar refractivity (Wildman–Crippen MR) is 131 cm³/mol. The Morgan fingerprint density at radius 3 is 2.38 bits per heavy atom. The summed E-state index contributed by atoms with van der Waals surface area (Å²) in [5.41, 5.74) is 6.23. The highest BCUT2D eigenvalue weighted by Gasteiger charge is 2.27. The standard InChI is InChI=1S/C27H27N3OS/c31-27(23-11-12-25-26(15-23)32-19-29-25)28-16-20-17-30(18-20)14-13-24(21-7-3-1-4-8-21)22-9-5-2-6-10-22/h1-12,15,19-20,24H,13-14,16-18H2,(H,28,31). The lowest BCUT2D eigenvalue weighted by molar-refractivity contribution is 0.0824. The van der Waals surface area contributed by atoms with Gasteiger partial charge in [0.15, 0.2) is 0 Å². The number of likely N-dealkylation sites (tertiary alicyclic amines) is 1. The molecular weight excluding hydrogens is 414 g/mol. The molecule has 1 saturated heterocycles. The lowest BCUT2D eigenvalue weighted by Crippen LogP contribution is -2.51. The fraction of sp³-hybridized carbons (Fsp3) is 0.259. The molecule has 0 radical (unpaired) electrons. The normalized spacial score (nSPS) is 14.5. The third kappa shape index (κ3) is 4.74. The maximum absolute atomic E-state index is 12.5. The fourth-order valence-corrected chi connectivity index (χ4v) is 5.25. The van der Waals surface area contributed by atoms with Gasteiger partial charge in [-0.3, -0.25) is 4.79 Å². The Morgan fingerprint density at radius 1 is 1.00 bits per heavy atom. The summed E-state index contributed by atoms with van der Waals surface area (Å²) < 4.78 is 1.05. The van der Waals surface area contributed by atoms with Gasteiger partial charge in [0.25, 0.3) is 5.91 Å². The van der Waals surface area contributed by atoms with Gasteiger partial charge >= 0.3 is 0 Å². The highest BCUT2D eigenvalue weighted by molar-refractivity contribution is 7.16. The van der Waals surface area contributed by atoms with Gasteiger partial charge in [0.1, 0.15) is 0 Å². The molecule has 0 aliphatic carbocycles. The summed E-state index contributed by atoms with van der Waals surface area (Å²) >= 11 is 1.57. The van der Waals surface area contributed by atoms with Crippen molar-refractivity contribution in [1.29, 1.82) is 0 Å². The number of carbonyl (C=O) groups excluding carboxylic acids is 1. The van der Waals surface area contributed by atoms with E-state index in [0.29, 0.717) is 17.4 Å². The smallest absolute Gasteiger partial charge is 0.251 e. The van der Waals surface area contributed by atoms with Crippen LogP contribution in [0.4, 0.5) is 0 Å². The van der Waals surface area contributed by atoms with Gasteiger partial charge in [-0.2, -0.15) is 0 Å². The van der Waals surface area contributed by atoms with Gasteiger partial charge in [0, 0.05) is 37.0 Å². The second-order valence-corrected chi connectivity index (χ2v) is 9.42. The van der Waals surface area contributed by atoms with Crippen LogP contribution in [0.3, 0.4) is 0 Å². The van der Waals surface area contributed by atoms with E-state index < -0.39 is 0 Å². The molecule has 1 aliphatic heterocycles. The minimum Gasteiger partial charge on any atom is -0.352 e. The first kappa shape index (κ1) is 20.9. The molecule has 0 spiro atoms. The average Bonchev–Trinajstić information content (AvgIpc) is 3.29. The Labute approximate surface area is 192 Å². The Hall–Kier alpha value is -3.02. The van der Waals surface area contributed by atoms with Gasteiger partial charge < -0.3 is 10.2 Å². The van der Waals surface area contributed by atoms with Crippen molar-refractivity contribution >= 4 is 27.5 Å². The minimum absolute atomic E-state index is 0.00645. The molecule has 3 aromatic carbocycles. The molecule has 0 atom stereocenters. The Balaban J connectivity index is 1.11. The molecule has 1 aliphatic rings. The maximum atomic E-state index is 12.5. The number of nitrogens with zero attached hydrogens (tertiary/aromatic N) is 2. The van der Waals surface area contributed by atoms with Crippen LogP contribution in [-0.2, 0) is 0 Å². The molecule has 32 heavy (non-hydrogen) atoms. The Morgan fingerprint density at radius 2 is 1.69 bits per heavy atom. The van der Waals surface area contributed by atoms with E-state index >= 15 is 0 Å². The zero-order valence-electron chi connectivity index (χ0n) is 18.0. The molecule has 0 saturated carbocycles. The molecule has 4 aromatic rings. The molecule has 1 fully saturated rings. The van der Waals surface area contributed by atoms with E-state index in [-0.39, 0.29) is 5.91 Å². The van der Waals surface area contributed by atoms with Crippen molar-refractivity contribution in [3.8, 4) is 0 Å². The van der Waals surface area contributed by atoms with Crippen molar-refractivity contribution in [2.45, 2.75) is 12.3 Å². The second-order valence-electron chi connectivity index (χ2n) is 8.53. The van der Waals surface area contributed by atoms with Crippen molar-refractivity contribution in [3.05, 3.63) is 101 Å². The number of hydrogen-bond donors (Lipinski definition) is 1. The van der Waals surface area contributed by atoms with E-state index in [0.717, 1.165) is 42.8 Å². The van der Waals surface area contributed by atoms with E-state index in [2.05, 4.69) is 75.9 Å². The van der Waals surface area contributed by atoms with Gasteiger partial charge in [0.2, 0.25) is 0 Å². The van der Waals surface area contributed by atoms with Crippen molar-refractivity contribution in [2.24, 2.45) is 5.92 Å². The van der Waals surface area contributed by atoms with E-state index in [4.69, 9.17) is 0 Å². The van der Waals surface area contributed by atoms with Crippen LogP contribution in [0, 0.1) is 5.92 Å². The molecular formula is C27H27N3OS. The van der Waals surface area contributed by atoms with Crippen LogP contribution in [0.15, 0.2) is 84.4 Å². The molecule has 5 rings (SSSR count). The van der Waals surface area contributed by atoms with Crippen LogP contribution >= 0.6 is 11.3 Å². The fourth-order valence-electron chi connectivity index (χ4n) is 4.53.